The Balaban J connectivity index is -0.0000000561. The Morgan fingerprint density at radius 1 is 0.857 bits per heavy atom. The van der Waals surface area contributed by atoms with Gasteiger partial charge < -0.3 is 20.4 Å². The molecule has 1 aromatic rings. The Bertz CT molecular complexity index is 212. The van der Waals surface area contributed by atoms with E-state index in [1.807, 2.05) is 30.3 Å². The molecular weight excluding hydrogens is 277 g/mol. The van der Waals surface area contributed by atoms with Gasteiger partial charge in [0.25, 0.3) is 0 Å². The SMILES string of the molecule is [CH-]=C.[CH2-]CCCC.[CH2-]CCCC.[CH2-]c1ccccc1.[Mg+2].[Mg+2]. The first-order valence-electron chi connectivity index (χ1n) is 7.09. The molecular formula is C19H32Mg2. The maximum atomic E-state index is 4.25. The Morgan fingerprint density at radius 2 is 1.19 bits per heavy atom. The van der Waals surface area contributed by atoms with Crippen LogP contribution in [0.4, 0.5) is 0 Å². The third-order valence-corrected chi connectivity index (χ3v) is 2.05. The second kappa shape index (κ2) is 37.0. The van der Waals surface area contributed by atoms with E-state index < -0.39 is 0 Å². The molecule has 0 heterocycles. The first-order chi connectivity index (χ1) is 9.22. The average molecular weight is 309 g/mol. The Kier molecular flexibility index (Phi) is 58.3. The van der Waals surface area contributed by atoms with Crippen molar-refractivity contribution in [2.45, 2.75) is 52.4 Å². The first kappa shape index (κ1) is 33.1. The van der Waals surface area contributed by atoms with E-state index in [0.717, 1.165) is 18.4 Å². The van der Waals surface area contributed by atoms with E-state index in [1.165, 1.54) is 25.7 Å². The van der Waals surface area contributed by atoms with E-state index in [9.17, 15) is 0 Å². The summed E-state index contributed by atoms with van der Waals surface area (Å²) in [5, 5.41) is 0. The quantitative estimate of drug-likeness (QED) is 0.492. The van der Waals surface area contributed by atoms with Gasteiger partial charge in [-0.15, -0.1) is 12.1 Å². The number of unbranched alkanes of at least 4 members (excludes halogenated alkanes) is 4. The van der Waals surface area contributed by atoms with Crippen LogP contribution in [-0.4, -0.2) is 46.1 Å². The van der Waals surface area contributed by atoms with Gasteiger partial charge in [0.1, 0.15) is 0 Å². The molecule has 0 nitrogen and oxygen atoms in total. The van der Waals surface area contributed by atoms with Crippen LogP contribution in [0.5, 0.6) is 0 Å². The molecule has 0 unspecified atom stereocenters. The summed E-state index contributed by atoms with van der Waals surface area (Å²) in [6, 6.07) is 9.87. The van der Waals surface area contributed by atoms with Crippen molar-refractivity contribution in [2.24, 2.45) is 0 Å². The largest absolute Gasteiger partial charge is 2.00 e. The van der Waals surface area contributed by atoms with Gasteiger partial charge in [-0.3, -0.25) is 6.58 Å². The molecule has 1 rings (SSSR count). The zero-order valence-electron chi connectivity index (χ0n) is 14.4. The zero-order valence-corrected chi connectivity index (χ0v) is 17.3. The maximum Gasteiger partial charge on any atom is 2.00 e. The van der Waals surface area contributed by atoms with Crippen molar-refractivity contribution in [1.82, 2.24) is 0 Å². The molecule has 0 aliphatic carbocycles. The van der Waals surface area contributed by atoms with E-state index in [2.05, 4.69) is 47.8 Å². The van der Waals surface area contributed by atoms with Gasteiger partial charge in [-0.25, -0.2) is 0 Å². The molecule has 21 heavy (non-hydrogen) atoms. The topological polar surface area (TPSA) is 0 Å². The summed E-state index contributed by atoms with van der Waals surface area (Å²) in [6.45, 7) is 22.4. The molecule has 0 radical (unpaired) electrons. The Labute approximate surface area is 167 Å². The van der Waals surface area contributed by atoms with Crippen LogP contribution >= 0.6 is 0 Å². The van der Waals surface area contributed by atoms with Crippen molar-refractivity contribution in [3.05, 3.63) is 69.8 Å². The first-order valence-corrected chi connectivity index (χ1v) is 7.09. The van der Waals surface area contributed by atoms with E-state index in [0.29, 0.717) is 0 Å². The predicted molar refractivity (Wildman–Crippen MR) is 102 cm³/mol. The van der Waals surface area contributed by atoms with Crippen LogP contribution in [0.15, 0.2) is 36.9 Å². The minimum atomic E-state index is 0. The van der Waals surface area contributed by atoms with Crippen LogP contribution in [0.2, 0.25) is 0 Å². The number of hydrogen-bond donors (Lipinski definition) is 0. The minimum Gasteiger partial charge on any atom is -0.521 e. The third-order valence-electron chi connectivity index (χ3n) is 2.05. The molecule has 0 atom stereocenters. The fourth-order valence-corrected chi connectivity index (χ4v) is 0.978. The summed E-state index contributed by atoms with van der Waals surface area (Å²) in [5.74, 6) is 0. The number of benzene rings is 1. The summed E-state index contributed by atoms with van der Waals surface area (Å²) in [7, 11) is 0. The standard InChI is InChI=1S/C7H7.2C5H11.C2H3.2Mg/c1-7-5-3-2-4-6-7;2*1-3-5-4-2;1-2;;/h2-6H,1H2;2*1,3-5H2,2H3;1H,2H2;;/q4*-1;2*+2. The molecule has 0 amide bonds. The van der Waals surface area contributed by atoms with Crippen LogP contribution in [0.3, 0.4) is 0 Å². The van der Waals surface area contributed by atoms with Crippen molar-refractivity contribution in [3.63, 3.8) is 0 Å². The smallest absolute Gasteiger partial charge is 0.521 e. The molecule has 0 spiro atoms. The second-order valence-electron chi connectivity index (χ2n) is 3.90. The zero-order chi connectivity index (χ0) is 15.4. The summed E-state index contributed by atoms with van der Waals surface area (Å²) in [6.07, 6.45) is 7.31. The van der Waals surface area contributed by atoms with Gasteiger partial charge in [0.15, 0.2) is 0 Å². The van der Waals surface area contributed by atoms with Crippen LogP contribution in [0.1, 0.15) is 57.9 Å². The summed E-state index contributed by atoms with van der Waals surface area (Å²) < 4.78 is 0. The van der Waals surface area contributed by atoms with Gasteiger partial charge in [-0.2, -0.15) is 37.5 Å². The van der Waals surface area contributed by atoms with Crippen molar-refractivity contribution < 1.29 is 0 Å². The van der Waals surface area contributed by atoms with Crippen LogP contribution in [-0.2, 0) is 0 Å². The third kappa shape index (κ3) is 44.9. The summed E-state index contributed by atoms with van der Waals surface area (Å²) in [4.78, 5) is 0. The average Bonchev–Trinajstić information content (AvgIpc) is 2.45. The van der Waals surface area contributed by atoms with E-state index in [-0.39, 0.29) is 46.1 Å². The van der Waals surface area contributed by atoms with E-state index >= 15 is 0 Å². The molecule has 0 saturated carbocycles. The van der Waals surface area contributed by atoms with Crippen LogP contribution < -0.4 is 0 Å². The van der Waals surface area contributed by atoms with Gasteiger partial charge in [0, 0.05) is 0 Å². The summed E-state index contributed by atoms with van der Waals surface area (Å²) in [5.41, 5.74) is 1.07. The molecule has 0 aromatic heterocycles. The minimum absolute atomic E-state index is 0. The molecule has 112 valence electrons. The Morgan fingerprint density at radius 3 is 1.29 bits per heavy atom. The molecule has 0 saturated heterocycles. The van der Waals surface area contributed by atoms with Crippen LogP contribution in [0.25, 0.3) is 0 Å². The fraction of sp³-hybridized carbons (Fsp3) is 0.421. The second-order valence-corrected chi connectivity index (χ2v) is 3.90. The Hall–Kier alpha value is 0.362. The van der Waals surface area contributed by atoms with E-state index in [1.54, 1.807) is 0 Å². The van der Waals surface area contributed by atoms with Gasteiger partial charge in [-0.1, -0.05) is 45.6 Å². The molecule has 0 bridgehead atoms. The van der Waals surface area contributed by atoms with Gasteiger partial charge in [0.2, 0.25) is 0 Å². The monoisotopic (exact) mass is 308 g/mol. The van der Waals surface area contributed by atoms with Crippen molar-refractivity contribution in [2.75, 3.05) is 0 Å². The molecule has 1 aromatic carbocycles. The predicted octanol–water partition coefficient (Wildman–Crippen LogP) is 5.73. The molecule has 0 aliphatic heterocycles. The molecule has 2 heteroatoms. The van der Waals surface area contributed by atoms with Crippen LogP contribution in [0, 0.1) is 27.4 Å². The number of rotatable bonds is 4. The normalized spacial score (nSPS) is 7.05. The van der Waals surface area contributed by atoms with Crippen molar-refractivity contribution >= 4 is 46.1 Å². The molecule has 0 N–H and O–H groups in total. The van der Waals surface area contributed by atoms with Gasteiger partial charge >= 0.3 is 46.1 Å². The van der Waals surface area contributed by atoms with Crippen molar-refractivity contribution in [1.29, 1.82) is 0 Å². The van der Waals surface area contributed by atoms with Gasteiger partial charge in [-0.05, 0) is 0 Å². The van der Waals surface area contributed by atoms with Crippen molar-refractivity contribution in [3.8, 4) is 0 Å². The summed E-state index contributed by atoms with van der Waals surface area (Å²) >= 11 is 0. The van der Waals surface area contributed by atoms with Gasteiger partial charge in [0.05, 0.1) is 0 Å². The number of hydrogen-bond acceptors (Lipinski definition) is 0. The molecule has 0 aliphatic rings. The maximum absolute atomic E-state index is 4.25. The van der Waals surface area contributed by atoms with E-state index in [4.69, 9.17) is 0 Å². The fourth-order valence-electron chi connectivity index (χ4n) is 0.978. The molecule has 0 fully saturated rings.